The van der Waals surface area contributed by atoms with Gasteiger partial charge < -0.3 is 5.32 Å². The average molecular weight is 270 g/mol. The van der Waals surface area contributed by atoms with E-state index in [0.29, 0.717) is 0 Å². The number of hydrogen-bond donors (Lipinski definition) is 1. The highest BCUT2D eigenvalue weighted by molar-refractivity contribution is 7.99. The van der Waals surface area contributed by atoms with Crippen molar-refractivity contribution in [2.75, 3.05) is 18.1 Å². The Bertz CT molecular complexity index is 522. The fraction of sp³-hybridized carbons (Fsp3) is 0.417. The Kier molecular flexibility index (Phi) is 3.58. The summed E-state index contributed by atoms with van der Waals surface area (Å²) >= 11 is 3.30. The van der Waals surface area contributed by atoms with E-state index in [0.717, 1.165) is 21.9 Å². The van der Waals surface area contributed by atoms with Gasteiger partial charge in [-0.25, -0.2) is 9.37 Å². The van der Waals surface area contributed by atoms with Gasteiger partial charge in [0.15, 0.2) is 5.13 Å². The molecule has 0 saturated carbocycles. The molecule has 2 nitrogen and oxygen atoms in total. The summed E-state index contributed by atoms with van der Waals surface area (Å²) in [7, 11) is 0. The summed E-state index contributed by atoms with van der Waals surface area (Å²) in [6.07, 6.45) is 2.09. The van der Waals surface area contributed by atoms with Crippen LogP contribution in [-0.2, 0) is 0 Å². The third-order valence-corrected chi connectivity index (χ3v) is 4.79. The number of aromatic nitrogens is 1. The van der Waals surface area contributed by atoms with Crippen molar-refractivity contribution >= 4 is 38.4 Å². The fourth-order valence-electron chi connectivity index (χ4n) is 1.33. The zero-order valence-corrected chi connectivity index (χ0v) is 11.7. The molecule has 0 amide bonds. The molecule has 0 bridgehead atoms. The summed E-state index contributed by atoms with van der Waals surface area (Å²) in [6, 6.07) is 4.68. The van der Waals surface area contributed by atoms with E-state index in [9.17, 15) is 4.39 Å². The molecule has 17 heavy (non-hydrogen) atoms. The summed E-state index contributed by atoms with van der Waals surface area (Å²) in [6.45, 7) is 5.20. The van der Waals surface area contributed by atoms with Gasteiger partial charge in [-0.1, -0.05) is 11.3 Å². The highest BCUT2D eigenvalue weighted by atomic mass is 32.2. The molecule has 2 rings (SSSR count). The maximum absolute atomic E-state index is 13.0. The molecule has 0 atom stereocenters. The number of thioether (sulfide) groups is 1. The van der Waals surface area contributed by atoms with E-state index in [1.165, 1.54) is 23.5 Å². The minimum atomic E-state index is -0.211. The van der Waals surface area contributed by atoms with Gasteiger partial charge in [0.25, 0.3) is 0 Å². The van der Waals surface area contributed by atoms with Crippen LogP contribution in [-0.4, -0.2) is 22.5 Å². The molecule has 0 saturated heterocycles. The van der Waals surface area contributed by atoms with Gasteiger partial charge in [-0.05, 0) is 38.3 Å². The lowest BCUT2D eigenvalue weighted by atomic mass is 10.2. The minimum Gasteiger partial charge on any atom is -0.360 e. The molecule has 2 aromatic rings. The summed E-state index contributed by atoms with van der Waals surface area (Å²) in [5.74, 6) is -0.211. The van der Waals surface area contributed by atoms with Crippen LogP contribution in [0.5, 0.6) is 0 Å². The number of anilines is 1. The highest BCUT2D eigenvalue weighted by Gasteiger charge is 2.16. The van der Waals surface area contributed by atoms with E-state index in [2.05, 4.69) is 30.4 Å². The van der Waals surface area contributed by atoms with Crippen molar-refractivity contribution in [3.05, 3.63) is 24.0 Å². The summed E-state index contributed by atoms with van der Waals surface area (Å²) in [4.78, 5) is 4.42. The lowest BCUT2D eigenvalue weighted by Gasteiger charge is -2.21. The fourth-order valence-corrected chi connectivity index (χ4v) is 2.44. The molecule has 0 unspecified atom stereocenters. The van der Waals surface area contributed by atoms with Crippen molar-refractivity contribution in [3.8, 4) is 0 Å². The zero-order chi connectivity index (χ0) is 12.5. The van der Waals surface area contributed by atoms with Gasteiger partial charge in [0.05, 0.1) is 10.2 Å². The van der Waals surface area contributed by atoms with Crippen molar-refractivity contribution < 1.29 is 4.39 Å². The predicted octanol–water partition coefficient (Wildman–Crippen LogP) is 3.99. The number of hydrogen-bond acceptors (Lipinski definition) is 4. The molecule has 0 aliphatic carbocycles. The number of nitrogens with one attached hydrogen (secondary N) is 1. The van der Waals surface area contributed by atoms with Crippen molar-refractivity contribution in [3.63, 3.8) is 0 Å². The van der Waals surface area contributed by atoms with Crippen LogP contribution in [0.1, 0.15) is 13.8 Å². The Balaban J connectivity index is 2.15. The maximum atomic E-state index is 13.0. The largest absolute Gasteiger partial charge is 0.360 e. The van der Waals surface area contributed by atoms with Crippen molar-refractivity contribution in [2.45, 2.75) is 18.6 Å². The second-order valence-corrected chi connectivity index (χ2v) is 6.99. The highest BCUT2D eigenvalue weighted by Crippen LogP contribution is 2.28. The van der Waals surface area contributed by atoms with Crippen LogP contribution in [0.15, 0.2) is 18.2 Å². The van der Waals surface area contributed by atoms with E-state index in [1.807, 2.05) is 11.8 Å². The van der Waals surface area contributed by atoms with Gasteiger partial charge >= 0.3 is 0 Å². The smallest absolute Gasteiger partial charge is 0.183 e. The number of fused-ring (bicyclic) bond motifs is 1. The maximum Gasteiger partial charge on any atom is 0.183 e. The van der Waals surface area contributed by atoms with Gasteiger partial charge in [0.1, 0.15) is 5.82 Å². The Morgan fingerprint density at radius 3 is 2.94 bits per heavy atom. The van der Waals surface area contributed by atoms with Crippen LogP contribution in [0.4, 0.5) is 9.52 Å². The first kappa shape index (κ1) is 12.6. The van der Waals surface area contributed by atoms with Gasteiger partial charge in [-0.2, -0.15) is 11.8 Å². The molecule has 0 aliphatic heterocycles. The third kappa shape index (κ3) is 3.10. The predicted molar refractivity (Wildman–Crippen MR) is 75.7 cm³/mol. The van der Waals surface area contributed by atoms with Crippen LogP contribution < -0.4 is 5.32 Å². The molecule has 1 heterocycles. The molecule has 0 aliphatic rings. The zero-order valence-electron chi connectivity index (χ0n) is 10.1. The Labute approximate surface area is 109 Å². The SMILES string of the molecule is CSC(C)(C)CNc1nc2ccc(F)cc2s1. The summed E-state index contributed by atoms with van der Waals surface area (Å²) in [5, 5.41) is 4.16. The van der Waals surface area contributed by atoms with E-state index >= 15 is 0 Å². The van der Waals surface area contributed by atoms with E-state index in [4.69, 9.17) is 0 Å². The van der Waals surface area contributed by atoms with Gasteiger partial charge in [-0.15, -0.1) is 0 Å². The monoisotopic (exact) mass is 270 g/mol. The first-order chi connectivity index (χ1) is 8.00. The molecule has 0 spiro atoms. The number of halogens is 1. The van der Waals surface area contributed by atoms with Crippen molar-refractivity contribution in [1.82, 2.24) is 4.98 Å². The van der Waals surface area contributed by atoms with Crippen molar-refractivity contribution in [2.24, 2.45) is 0 Å². The molecule has 5 heteroatoms. The van der Waals surface area contributed by atoms with Crippen LogP contribution >= 0.6 is 23.1 Å². The van der Waals surface area contributed by atoms with Crippen molar-refractivity contribution in [1.29, 1.82) is 0 Å². The minimum absolute atomic E-state index is 0.170. The molecular formula is C12H15FN2S2. The molecule has 0 fully saturated rings. The van der Waals surface area contributed by atoms with Crippen LogP contribution in [0, 0.1) is 5.82 Å². The standard InChI is InChI=1S/C12H15FN2S2/c1-12(2,16-3)7-14-11-15-9-5-4-8(13)6-10(9)17-11/h4-6H,7H2,1-3H3,(H,14,15). The molecule has 1 N–H and O–H groups in total. The quantitative estimate of drug-likeness (QED) is 0.909. The Morgan fingerprint density at radius 1 is 1.47 bits per heavy atom. The lowest BCUT2D eigenvalue weighted by Crippen LogP contribution is -2.25. The lowest BCUT2D eigenvalue weighted by molar-refractivity contribution is 0.630. The molecule has 1 aromatic carbocycles. The second-order valence-electron chi connectivity index (χ2n) is 4.45. The van der Waals surface area contributed by atoms with E-state index in [-0.39, 0.29) is 10.6 Å². The third-order valence-electron chi connectivity index (χ3n) is 2.57. The number of rotatable bonds is 4. The van der Waals surface area contributed by atoms with Gasteiger partial charge in [0, 0.05) is 11.3 Å². The van der Waals surface area contributed by atoms with Gasteiger partial charge in [0.2, 0.25) is 0 Å². The number of thiazole rings is 1. The Morgan fingerprint density at radius 2 is 2.24 bits per heavy atom. The molecular weight excluding hydrogens is 255 g/mol. The van der Waals surface area contributed by atoms with E-state index < -0.39 is 0 Å². The topological polar surface area (TPSA) is 24.9 Å². The molecule has 1 aromatic heterocycles. The summed E-state index contributed by atoms with van der Waals surface area (Å²) in [5.41, 5.74) is 0.848. The normalized spacial score (nSPS) is 12.0. The number of benzene rings is 1. The second kappa shape index (κ2) is 4.82. The van der Waals surface area contributed by atoms with Crippen LogP contribution in [0.3, 0.4) is 0 Å². The Hall–Kier alpha value is -0.810. The first-order valence-corrected chi connectivity index (χ1v) is 7.39. The van der Waals surface area contributed by atoms with E-state index in [1.54, 1.807) is 6.07 Å². The average Bonchev–Trinajstić information content (AvgIpc) is 2.68. The molecule has 0 radical (unpaired) electrons. The van der Waals surface area contributed by atoms with Crippen LogP contribution in [0.2, 0.25) is 0 Å². The molecule has 92 valence electrons. The summed E-state index contributed by atoms with van der Waals surface area (Å²) < 4.78 is 14.1. The number of nitrogens with zero attached hydrogens (tertiary/aromatic N) is 1. The van der Waals surface area contributed by atoms with Gasteiger partial charge in [-0.3, -0.25) is 0 Å². The first-order valence-electron chi connectivity index (χ1n) is 5.35. The van der Waals surface area contributed by atoms with Crippen LogP contribution in [0.25, 0.3) is 10.2 Å².